The molecule has 0 atom stereocenters. The van der Waals surface area contributed by atoms with Crippen molar-refractivity contribution in [2.45, 2.75) is 39.9 Å². The smallest absolute Gasteiger partial charge is 0.412 e. The van der Waals surface area contributed by atoms with Crippen LogP contribution >= 0.6 is 0 Å². The van der Waals surface area contributed by atoms with E-state index in [1.165, 1.54) is 0 Å². The van der Waals surface area contributed by atoms with Crippen LogP contribution in [0.4, 0.5) is 14.9 Å². The lowest BCUT2D eigenvalue weighted by molar-refractivity contribution is 0.0636. The molecule has 6 heteroatoms. The molecule has 2 aromatic carbocycles. The Hall–Kier alpha value is -2.89. The lowest BCUT2D eigenvalue weighted by Crippen LogP contribution is -2.27. The largest absolute Gasteiger partial charge is 0.489 e. The van der Waals surface area contributed by atoms with Crippen molar-refractivity contribution in [1.29, 1.82) is 0 Å². The van der Waals surface area contributed by atoms with Gasteiger partial charge in [-0.3, -0.25) is 10.1 Å². The molecule has 0 saturated carbocycles. The molecule has 26 heavy (non-hydrogen) atoms. The Morgan fingerprint density at radius 1 is 1.23 bits per heavy atom. The Morgan fingerprint density at radius 3 is 2.62 bits per heavy atom. The van der Waals surface area contributed by atoms with Gasteiger partial charge in [-0.15, -0.1) is 0 Å². The number of aldehydes is 1. The van der Waals surface area contributed by atoms with E-state index in [0.717, 1.165) is 0 Å². The van der Waals surface area contributed by atoms with Crippen molar-refractivity contribution in [2.24, 2.45) is 0 Å². The zero-order chi connectivity index (χ0) is 19.3. The topological polar surface area (TPSA) is 64.6 Å². The van der Waals surface area contributed by atoms with Gasteiger partial charge >= 0.3 is 6.09 Å². The van der Waals surface area contributed by atoms with Crippen LogP contribution in [0.25, 0.3) is 0 Å². The van der Waals surface area contributed by atoms with Gasteiger partial charge in [0.15, 0.2) is 6.29 Å². The van der Waals surface area contributed by atoms with E-state index in [-0.39, 0.29) is 17.7 Å². The predicted molar refractivity (Wildman–Crippen MR) is 97.2 cm³/mol. The van der Waals surface area contributed by atoms with E-state index in [9.17, 15) is 14.0 Å². The molecule has 0 bridgehead atoms. The van der Waals surface area contributed by atoms with Crippen molar-refractivity contribution >= 4 is 18.1 Å². The third-order valence-electron chi connectivity index (χ3n) is 3.47. The molecule has 0 aliphatic rings. The van der Waals surface area contributed by atoms with E-state index < -0.39 is 17.5 Å². The fraction of sp³-hybridized carbons (Fsp3) is 0.300. The summed E-state index contributed by atoms with van der Waals surface area (Å²) in [5, 5.41) is 2.61. The molecule has 0 unspecified atom stereocenters. The number of carbonyl (C=O) groups excluding carboxylic acids is 2. The number of hydrogen-bond acceptors (Lipinski definition) is 4. The van der Waals surface area contributed by atoms with Gasteiger partial charge in [-0.2, -0.15) is 0 Å². The van der Waals surface area contributed by atoms with Gasteiger partial charge in [-0.25, -0.2) is 9.18 Å². The summed E-state index contributed by atoms with van der Waals surface area (Å²) in [6.07, 6.45) is -0.0747. The molecule has 0 fully saturated rings. The number of halogens is 1. The van der Waals surface area contributed by atoms with Crippen LogP contribution < -0.4 is 10.1 Å². The minimum atomic E-state index is -0.600. The van der Waals surface area contributed by atoms with Crippen molar-refractivity contribution in [2.75, 3.05) is 5.32 Å². The van der Waals surface area contributed by atoms with Crippen LogP contribution in [-0.4, -0.2) is 18.0 Å². The summed E-state index contributed by atoms with van der Waals surface area (Å²) in [6.45, 7) is 6.95. The first kappa shape index (κ1) is 19.4. The van der Waals surface area contributed by atoms with Crippen LogP contribution in [0.15, 0.2) is 36.4 Å². The van der Waals surface area contributed by atoms with E-state index >= 15 is 0 Å². The lowest BCUT2D eigenvalue weighted by atomic mass is 10.1. The summed E-state index contributed by atoms with van der Waals surface area (Å²) in [4.78, 5) is 22.8. The van der Waals surface area contributed by atoms with Crippen LogP contribution in [0.3, 0.4) is 0 Å². The Balaban J connectivity index is 2.05. The first-order valence-corrected chi connectivity index (χ1v) is 8.15. The van der Waals surface area contributed by atoms with Gasteiger partial charge in [0.05, 0.1) is 5.56 Å². The summed E-state index contributed by atoms with van der Waals surface area (Å²) < 4.78 is 25.0. The highest BCUT2D eigenvalue weighted by molar-refractivity contribution is 5.85. The number of aryl methyl sites for hydroxylation is 1. The molecule has 138 valence electrons. The molecule has 0 aromatic heterocycles. The number of carbonyl (C=O) groups is 2. The van der Waals surface area contributed by atoms with Crippen LogP contribution in [0, 0.1) is 12.7 Å². The van der Waals surface area contributed by atoms with Crippen LogP contribution in [0.2, 0.25) is 0 Å². The Morgan fingerprint density at radius 2 is 1.96 bits per heavy atom. The maximum Gasteiger partial charge on any atom is 0.412 e. The Labute approximate surface area is 152 Å². The highest BCUT2D eigenvalue weighted by Crippen LogP contribution is 2.21. The summed E-state index contributed by atoms with van der Waals surface area (Å²) in [6, 6.07) is 9.94. The zero-order valence-electron chi connectivity index (χ0n) is 15.3. The minimum Gasteiger partial charge on any atom is -0.489 e. The monoisotopic (exact) mass is 359 g/mol. The van der Waals surface area contributed by atoms with Crippen molar-refractivity contribution in [1.82, 2.24) is 0 Å². The van der Waals surface area contributed by atoms with Gasteiger partial charge in [0.2, 0.25) is 0 Å². The molecular formula is C20H22FNO4. The highest BCUT2D eigenvalue weighted by atomic mass is 19.1. The predicted octanol–water partition coefficient (Wildman–Crippen LogP) is 4.87. The second-order valence-corrected chi connectivity index (χ2v) is 6.83. The average Bonchev–Trinajstić information content (AvgIpc) is 2.53. The molecule has 0 saturated heterocycles. The number of benzene rings is 2. The first-order chi connectivity index (χ1) is 12.2. The van der Waals surface area contributed by atoms with Crippen LogP contribution in [-0.2, 0) is 11.3 Å². The number of anilines is 1. The highest BCUT2D eigenvalue weighted by Gasteiger charge is 2.16. The van der Waals surface area contributed by atoms with Gasteiger partial charge in [0.25, 0.3) is 0 Å². The first-order valence-electron chi connectivity index (χ1n) is 8.15. The molecule has 0 radical (unpaired) electrons. The zero-order valence-corrected chi connectivity index (χ0v) is 15.3. The number of rotatable bonds is 5. The normalized spacial score (nSPS) is 11.0. The molecule has 0 spiro atoms. The van der Waals surface area contributed by atoms with Gasteiger partial charge < -0.3 is 9.47 Å². The standard InChI is InChI=1S/C20H22FNO4/c1-13-8-9-14(18(21)17(13)11-23)12-25-16-7-5-6-15(10-16)22-19(24)26-20(2,3)4/h5-11H,12H2,1-4H3,(H,22,24). The van der Waals surface area contributed by atoms with Crippen LogP contribution in [0.5, 0.6) is 5.75 Å². The second-order valence-electron chi connectivity index (χ2n) is 6.83. The second kappa shape index (κ2) is 7.99. The molecule has 1 N–H and O–H groups in total. The van der Waals surface area contributed by atoms with E-state index in [1.807, 2.05) is 0 Å². The van der Waals surface area contributed by atoms with Crippen LogP contribution in [0.1, 0.15) is 42.3 Å². The number of amides is 1. The van der Waals surface area contributed by atoms with Crippen molar-refractivity contribution in [3.8, 4) is 5.75 Å². The van der Waals surface area contributed by atoms with E-state index in [2.05, 4.69) is 5.32 Å². The molecule has 1 amide bonds. The molecule has 2 rings (SSSR count). The van der Waals surface area contributed by atoms with Gasteiger partial charge in [0.1, 0.15) is 23.8 Å². The summed E-state index contributed by atoms with van der Waals surface area (Å²) >= 11 is 0. The average molecular weight is 359 g/mol. The third kappa shape index (κ3) is 5.31. The van der Waals surface area contributed by atoms with Crippen molar-refractivity contribution in [3.63, 3.8) is 0 Å². The number of hydrogen-bond donors (Lipinski definition) is 1. The van der Waals surface area contributed by atoms with E-state index in [4.69, 9.17) is 9.47 Å². The summed E-state index contributed by atoms with van der Waals surface area (Å²) in [5.74, 6) is -0.130. The molecule has 0 aliphatic carbocycles. The molecule has 5 nitrogen and oxygen atoms in total. The quantitative estimate of drug-likeness (QED) is 0.773. The molecule has 2 aromatic rings. The Kier molecular flexibility index (Phi) is 5.97. The van der Waals surface area contributed by atoms with Gasteiger partial charge in [-0.05, 0) is 45.4 Å². The number of ether oxygens (including phenoxy) is 2. The molecular weight excluding hydrogens is 337 g/mol. The summed E-state index contributed by atoms with van der Waals surface area (Å²) in [5.41, 5.74) is 0.784. The third-order valence-corrected chi connectivity index (χ3v) is 3.47. The molecule has 0 aliphatic heterocycles. The van der Waals surface area contributed by atoms with E-state index in [0.29, 0.717) is 23.3 Å². The fourth-order valence-corrected chi connectivity index (χ4v) is 2.24. The van der Waals surface area contributed by atoms with Gasteiger partial charge in [0, 0.05) is 17.3 Å². The van der Waals surface area contributed by atoms with E-state index in [1.54, 1.807) is 64.1 Å². The van der Waals surface area contributed by atoms with Crippen molar-refractivity contribution in [3.05, 3.63) is 58.9 Å². The van der Waals surface area contributed by atoms with Gasteiger partial charge in [-0.1, -0.05) is 18.2 Å². The summed E-state index contributed by atoms with van der Waals surface area (Å²) in [7, 11) is 0. The molecule has 0 heterocycles. The van der Waals surface area contributed by atoms with Crippen molar-refractivity contribution < 1.29 is 23.5 Å². The lowest BCUT2D eigenvalue weighted by Gasteiger charge is -2.19. The Bertz CT molecular complexity index is 812. The number of nitrogens with one attached hydrogen (secondary N) is 1. The minimum absolute atomic E-state index is 0.0337. The SMILES string of the molecule is Cc1ccc(COc2cccc(NC(=O)OC(C)(C)C)c2)c(F)c1C=O. The fourth-order valence-electron chi connectivity index (χ4n) is 2.24. The maximum atomic E-state index is 14.3. The maximum absolute atomic E-state index is 14.3.